The maximum absolute atomic E-state index is 13.1. The van der Waals surface area contributed by atoms with Crippen LogP contribution >= 0.6 is 0 Å². The largest absolute Gasteiger partial charge is 0.378 e. The highest BCUT2D eigenvalue weighted by molar-refractivity contribution is 5.77. The van der Waals surface area contributed by atoms with Crippen molar-refractivity contribution in [3.8, 4) is 0 Å². The Morgan fingerprint density at radius 2 is 2.43 bits per heavy atom. The van der Waals surface area contributed by atoms with Crippen molar-refractivity contribution >= 4 is 16.9 Å². The van der Waals surface area contributed by atoms with E-state index in [1.807, 2.05) is 0 Å². The van der Waals surface area contributed by atoms with Gasteiger partial charge in [0.15, 0.2) is 0 Å². The van der Waals surface area contributed by atoms with Gasteiger partial charge in [-0.3, -0.25) is 4.79 Å². The number of carbonyl (C=O) groups is 1. The lowest BCUT2D eigenvalue weighted by molar-refractivity contribution is -0.129. The van der Waals surface area contributed by atoms with Gasteiger partial charge in [-0.05, 0) is 31.0 Å². The molecule has 1 aromatic heterocycles. The number of carbonyl (C=O) groups excluding carboxylic acids is 1. The fourth-order valence-electron chi connectivity index (χ4n) is 3.36. The van der Waals surface area contributed by atoms with Crippen LogP contribution in [0.25, 0.3) is 11.0 Å². The van der Waals surface area contributed by atoms with Gasteiger partial charge >= 0.3 is 0 Å². The summed E-state index contributed by atoms with van der Waals surface area (Å²) < 4.78 is 24.0. The van der Waals surface area contributed by atoms with Crippen LogP contribution in [0.2, 0.25) is 0 Å². The first-order valence-electron chi connectivity index (χ1n) is 7.82. The number of H-pyrrole nitrogens is 1. The van der Waals surface area contributed by atoms with Crippen LogP contribution in [0.1, 0.15) is 18.7 Å². The lowest BCUT2D eigenvalue weighted by Crippen LogP contribution is -2.54. The number of hydrogen-bond donors (Lipinski definition) is 2. The van der Waals surface area contributed by atoms with Gasteiger partial charge in [-0.1, -0.05) is 0 Å². The Morgan fingerprint density at radius 3 is 3.30 bits per heavy atom. The van der Waals surface area contributed by atoms with Crippen molar-refractivity contribution in [2.24, 2.45) is 5.92 Å². The van der Waals surface area contributed by atoms with Crippen molar-refractivity contribution in [3.63, 3.8) is 0 Å². The number of amides is 1. The number of aromatic nitrogens is 2. The number of aromatic amines is 1. The second-order valence-corrected chi connectivity index (χ2v) is 6.11. The summed E-state index contributed by atoms with van der Waals surface area (Å²) in [7, 11) is 0. The zero-order valence-corrected chi connectivity index (χ0v) is 12.5. The van der Waals surface area contributed by atoms with Gasteiger partial charge in [0.25, 0.3) is 0 Å². The van der Waals surface area contributed by atoms with E-state index in [0.29, 0.717) is 28.9 Å². The molecule has 4 rings (SSSR count). The van der Waals surface area contributed by atoms with Gasteiger partial charge in [-0.2, -0.15) is 0 Å². The van der Waals surface area contributed by atoms with Crippen molar-refractivity contribution < 1.29 is 18.7 Å². The summed E-state index contributed by atoms with van der Waals surface area (Å²) in [5.41, 5.74) is 1.30. The Balaban J connectivity index is 1.25. The Bertz CT molecular complexity index is 732. The van der Waals surface area contributed by atoms with Crippen molar-refractivity contribution in [3.05, 3.63) is 29.8 Å². The van der Waals surface area contributed by atoms with Crippen LogP contribution < -0.4 is 5.32 Å². The second kappa shape index (κ2) is 5.90. The molecule has 1 saturated carbocycles. The molecule has 6 nitrogen and oxygen atoms in total. The molecule has 7 heteroatoms. The van der Waals surface area contributed by atoms with E-state index in [1.54, 1.807) is 6.07 Å². The van der Waals surface area contributed by atoms with E-state index < -0.39 is 0 Å². The third-order valence-corrected chi connectivity index (χ3v) is 4.58. The van der Waals surface area contributed by atoms with E-state index in [-0.39, 0.29) is 31.0 Å². The van der Waals surface area contributed by atoms with Gasteiger partial charge in [-0.25, -0.2) is 9.37 Å². The van der Waals surface area contributed by atoms with Crippen LogP contribution in [0.5, 0.6) is 0 Å². The molecule has 3 atom stereocenters. The summed E-state index contributed by atoms with van der Waals surface area (Å²) in [5.74, 6) is 0.598. The summed E-state index contributed by atoms with van der Waals surface area (Å²) in [6.07, 6.45) is 2.24. The monoisotopic (exact) mass is 319 g/mol. The molecule has 2 heterocycles. The smallest absolute Gasteiger partial charge is 0.246 e. The van der Waals surface area contributed by atoms with Crippen LogP contribution in [0, 0.1) is 11.7 Å². The minimum Gasteiger partial charge on any atom is -0.378 e. The lowest BCUT2D eigenvalue weighted by Gasteiger charge is -2.39. The normalized spacial score (nSPS) is 26.0. The number of nitrogens with zero attached hydrogens (tertiary/aromatic N) is 1. The van der Waals surface area contributed by atoms with Crippen molar-refractivity contribution in [1.29, 1.82) is 0 Å². The van der Waals surface area contributed by atoms with Crippen molar-refractivity contribution in [1.82, 2.24) is 15.3 Å². The molecule has 23 heavy (non-hydrogen) atoms. The molecule has 0 spiro atoms. The van der Waals surface area contributed by atoms with E-state index in [2.05, 4.69) is 15.3 Å². The predicted octanol–water partition coefficient (Wildman–Crippen LogP) is 1.51. The van der Waals surface area contributed by atoms with Crippen LogP contribution in [0.3, 0.4) is 0 Å². The molecule has 0 unspecified atom stereocenters. The van der Waals surface area contributed by atoms with E-state index in [0.717, 1.165) is 19.4 Å². The molecule has 1 aromatic carbocycles. The Labute approximate surface area is 132 Å². The first kappa shape index (κ1) is 14.6. The average Bonchev–Trinajstić information content (AvgIpc) is 3.07. The van der Waals surface area contributed by atoms with Gasteiger partial charge < -0.3 is 19.8 Å². The summed E-state index contributed by atoms with van der Waals surface area (Å²) in [5, 5.41) is 2.98. The molecular weight excluding hydrogens is 301 g/mol. The van der Waals surface area contributed by atoms with Gasteiger partial charge in [0, 0.05) is 18.6 Å². The molecule has 0 bridgehead atoms. The van der Waals surface area contributed by atoms with Crippen LogP contribution in [-0.4, -0.2) is 41.2 Å². The van der Waals surface area contributed by atoms with Gasteiger partial charge in [-0.15, -0.1) is 0 Å². The second-order valence-electron chi connectivity index (χ2n) is 6.11. The van der Waals surface area contributed by atoms with E-state index >= 15 is 0 Å². The van der Waals surface area contributed by atoms with Crippen LogP contribution in [0.15, 0.2) is 18.2 Å². The molecular formula is C16H18FN3O3. The quantitative estimate of drug-likeness (QED) is 0.876. The van der Waals surface area contributed by atoms with Crippen LogP contribution in [0.4, 0.5) is 4.39 Å². The summed E-state index contributed by atoms with van der Waals surface area (Å²) in [6.45, 7) is 0.967. The van der Waals surface area contributed by atoms with E-state index in [9.17, 15) is 9.18 Å². The number of ether oxygens (including phenoxy) is 2. The molecule has 0 radical (unpaired) electrons. The van der Waals surface area contributed by atoms with Gasteiger partial charge in [0.1, 0.15) is 24.9 Å². The fourth-order valence-corrected chi connectivity index (χ4v) is 3.36. The topological polar surface area (TPSA) is 76.2 Å². The predicted molar refractivity (Wildman–Crippen MR) is 80.1 cm³/mol. The summed E-state index contributed by atoms with van der Waals surface area (Å²) in [4.78, 5) is 19.2. The maximum atomic E-state index is 13.1. The van der Waals surface area contributed by atoms with E-state index in [1.165, 1.54) is 12.1 Å². The van der Waals surface area contributed by atoms with Crippen molar-refractivity contribution in [2.45, 2.75) is 31.6 Å². The number of fused-ring (bicyclic) bond motifs is 2. The average molecular weight is 319 g/mol. The third kappa shape index (κ3) is 2.94. The highest BCUT2D eigenvalue weighted by Crippen LogP contribution is 2.38. The third-order valence-electron chi connectivity index (χ3n) is 4.58. The minimum absolute atomic E-state index is 0.0137. The molecule has 122 valence electrons. The number of rotatable bonds is 5. The molecule has 1 aliphatic carbocycles. The van der Waals surface area contributed by atoms with E-state index in [4.69, 9.17) is 9.47 Å². The van der Waals surface area contributed by atoms with Gasteiger partial charge in [0.05, 0.1) is 17.1 Å². The fraction of sp³-hybridized carbons (Fsp3) is 0.500. The highest BCUT2D eigenvalue weighted by Gasteiger charge is 2.45. The minimum atomic E-state index is -0.317. The Hall–Kier alpha value is -1.99. The standard InChI is InChI=1S/C16H18FN3O3/c17-9-1-2-11-13(5-9)19-15(18-11)7-22-8-16(21)20-12-6-14-10(12)3-4-23-14/h1-2,5,10,12,14H,3-4,6-8H2,(H,18,19)(H,20,21)/t10-,12+,14+/m1/s1. The molecule has 1 amide bonds. The lowest BCUT2D eigenvalue weighted by atomic mass is 9.76. The number of hydrogen-bond acceptors (Lipinski definition) is 4. The Morgan fingerprint density at radius 1 is 1.52 bits per heavy atom. The number of benzene rings is 1. The molecule has 1 saturated heterocycles. The number of halogens is 1. The molecule has 2 N–H and O–H groups in total. The first-order chi connectivity index (χ1) is 11.2. The van der Waals surface area contributed by atoms with Gasteiger partial charge in [0.2, 0.25) is 5.91 Å². The first-order valence-corrected chi connectivity index (χ1v) is 7.82. The Kier molecular flexibility index (Phi) is 3.74. The highest BCUT2D eigenvalue weighted by atomic mass is 19.1. The molecule has 2 aromatic rings. The molecule has 2 aliphatic rings. The molecule has 2 fully saturated rings. The SMILES string of the molecule is O=C(COCc1nc2ccc(F)cc2[nH]1)N[C@H]1C[C@@H]2OCC[C@H]12. The zero-order valence-electron chi connectivity index (χ0n) is 12.5. The zero-order chi connectivity index (χ0) is 15.8. The maximum Gasteiger partial charge on any atom is 0.246 e. The van der Waals surface area contributed by atoms with Crippen LogP contribution in [-0.2, 0) is 20.9 Å². The molecule has 1 aliphatic heterocycles. The summed E-state index contributed by atoms with van der Waals surface area (Å²) in [6, 6.07) is 4.57. The summed E-state index contributed by atoms with van der Waals surface area (Å²) >= 11 is 0. The number of imidazole rings is 1. The number of nitrogens with one attached hydrogen (secondary N) is 2. The van der Waals surface area contributed by atoms with Crippen molar-refractivity contribution in [2.75, 3.05) is 13.2 Å².